The van der Waals surface area contributed by atoms with Gasteiger partial charge in [0, 0.05) is 38.6 Å². The monoisotopic (exact) mass is 337 g/mol. The van der Waals surface area contributed by atoms with E-state index in [9.17, 15) is 13.2 Å². The van der Waals surface area contributed by atoms with E-state index in [0.717, 1.165) is 0 Å². The molecule has 1 amide bonds. The second-order valence-corrected chi connectivity index (χ2v) is 7.63. The maximum Gasteiger partial charge on any atom is 0.272 e. The fourth-order valence-corrected chi connectivity index (χ4v) is 3.71. The van der Waals surface area contributed by atoms with Gasteiger partial charge in [0.1, 0.15) is 5.69 Å². The summed E-state index contributed by atoms with van der Waals surface area (Å²) >= 11 is 0. The first-order chi connectivity index (χ1) is 10.9. The maximum absolute atomic E-state index is 12.9. The van der Waals surface area contributed by atoms with Crippen molar-refractivity contribution in [3.05, 3.63) is 29.8 Å². The summed E-state index contributed by atoms with van der Waals surface area (Å²) in [6.45, 7) is 3.44. The minimum Gasteiger partial charge on any atom is -0.336 e. The zero-order chi connectivity index (χ0) is 16.6. The van der Waals surface area contributed by atoms with Gasteiger partial charge in [-0.15, -0.1) is 0 Å². The Balaban J connectivity index is 1.87. The fraction of sp³-hybridized carbons (Fsp3) is 0.500. The fourth-order valence-electron chi connectivity index (χ4n) is 2.83. The van der Waals surface area contributed by atoms with E-state index in [-0.39, 0.29) is 5.91 Å². The number of sulfonamides is 1. The Morgan fingerprint density at radius 1 is 1.22 bits per heavy atom. The predicted octanol–water partition coefficient (Wildman–Crippen LogP) is 0.145. The van der Waals surface area contributed by atoms with Crippen LogP contribution in [0.3, 0.4) is 0 Å². The van der Waals surface area contributed by atoms with E-state index < -0.39 is 10.0 Å². The standard InChI is InChI=1S/C14H19N5O3S/c1-11-12(19-8-3-5-15-14(19)16-11)13(20)17-6-4-7-18(10-9-17)23(2,21)22/h3,5,8H,4,6-7,9-10H2,1-2H3. The van der Waals surface area contributed by atoms with E-state index in [1.54, 1.807) is 34.7 Å². The summed E-state index contributed by atoms with van der Waals surface area (Å²) < 4.78 is 26.4. The van der Waals surface area contributed by atoms with Crippen LogP contribution in [-0.2, 0) is 10.0 Å². The summed E-state index contributed by atoms with van der Waals surface area (Å²) in [5.41, 5.74) is 1.11. The van der Waals surface area contributed by atoms with Crippen LogP contribution in [0.4, 0.5) is 0 Å². The number of nitrogens with zero attached hydrogens (tertiary/aromatic N) is 5. The molecule has 9 heteroatoms. The van der Waals surface area contributed by atoms with Gasteiger partial charge in [-0.25, -0.2) is 22.7 Å². The van der Waals surface area contributed by atoms with Crippen molar-refractivity contribution in [2.75, 3.05) is 32.4 Å². The normalized spacial score (nSPS) is 17.4. The number of imidazole rings is 1. The summed E-state index contributed by atoms with van der Waals surface area (Å²) in [5.74, 6) is 0.347. The number of carbonyl (C=O) groups excluding carboxylic acids is 1. The molecule has 8 nitrogen and oxygen atoms in total. The molecule has 0 aromatic carbocycles. The Bertz CT molecular complexity index is 845. The van der Waals surface area contributed by atoms with Crippen LogP contribution in [0.2, 0.25) is 0 Å². The highest BCUT2D eigenvalue weighted by atomic mass is 32.2. The number of fused-ring (bicyclic) bond motifs is 1. The van der Waals surface area contributed by atoms with Crippen molar-refractivity contribution in [2.24, 2.45) is 0 Å². The number of aromatic nitrogens is 3. The number of carbonyl (C=O) groups is 1. The van der Waals surface area contributed by atoms with Crippen LogP contribution >= 0.6 is 0 Å². The third kappa shape index (κ3) is 3.06. The first-order valence-corrected chi connectivity index (χ1v) is 9.27. The lowest BCUT2D eigenvalue weighted by Gasteiger charge is -2.21. The number of amides is 1. The van der Waals surface area contributed by atoms with Gasteiger partial charge in [-0.3, -0.25) is 9.20 Å². The maximum atomic E-state index is 12.9. The van der Waals surface area contributed by atoms with Crippen LogP contribution in [0.1, 0.15) is 22.6 Å². The Labute approximate surface area is 134 Å². The molecule has 2 aromatic heterocycles. The second kappa shape index (κ2) is 5.89. The Kier molecular flexibility index (Phi) is 4.07. The largest absolute Gasteiger partial charge is 0.336 e. The van der Waals surface area contributed by atoms with Crippen molar-refractivity contribution in [3.8, 4) is 0 Å². The highest BCUT2D eigenvalue weighted by Crippen LogP contribution is 2.15. The third-order valence-corrected chi connectivity index (χ3v) is 5.29. The topological polar surface area (TPSA) is 87.9 Å². The summed E-state index contributed by atoms with van der Waals surface area (Å²) in [6.07, 6.45) is 5.21. The van der Waals surface area contributed by atoms with Crippen molar-refractivity contribution >= 4 is 21.7 Å². The molecule has 0 unspecified atom stereocenters. The Morgan fingerprint density at radius 2 is 2.00 bits per heavy atom. The third-order valence-electron chi connectivity index (χ3n) is 3.99. The first-order valence-electron chi connectivity index (χ1n) is 7.42. The van der Waals surface area contributed by atoms with Gasteiger partial charge in [0.2, 0.25) is 15.8 Å². The number of hydrogen-bond acceptors (Lipinski definition) is 5. The molecule has 23 heavy (non-hydrogen) atoms. The highest BCUT2D eigenvalue weighted by Gasteiger charge is 2.27. The second-order valence-electron chi connectivity index (χ2n) is 5.64. The number of aryl methyl sites for hydroxylation is 1. The van der Waals surface area contributed by atoms with Crippen LogP contribution < -0.4 is 0 Å². The lowest BCUT2D eigenvalue weighted by atomic mass is 10.3. The minimum absolute atomic E-state index is 0.140. The molecule has 3 rings (SSSR count). The molecule has 1 aliphatic heterocycles. The predicted molar refractivity (Wildman–Crippen MR) is 84.7 cm³/mol. The van der Waals surface area contributed by atoms with Crippen LogP contribution in [0.5, 0.6) is 0 Å². The Morgan fingerprint density at radius 3 is 2.74 bits per heavy atom. The molecule has 0 saturated carbocycles. The van der Waals surface area contributed by atoms with Crippen LogP contribution in [0.25, 0.3) is 5.78 Å². The molecule has 0 bridgehead atoms. The lowest BCUT2D eigenvalue weighted by molar-refractivity contribution is 0.0756. The van der Waals surface area contributed by atoms with E-state index in [1.807, 2.05) is 0 Å². The van der Waals surface area contributed by atoms with Gasteiger partial charge in [-0.05, 0) is 19.4 Å². The molecule has 1 saturated heterocycles. The molecule has 1 fully saturated rings. The Hall–Kier alpha value is -2.00. The van der Waals surface area contributed by atoms with Crippen molar-refractivity contribution in [2.45, 2.75) is 13.3 Å². The van der Waals surface area contributed by atoms with E-state index in [1.165, 1.54) is 10.6 Å². The average molecular weight is 337 g/mol. The molecule has 0 N–H and O–H groups in total. The summed E-state index contributed by atoms with van der Waals surface area (Å²) in [4.78, 5) is 23.0. The van der Waals surface area contributed by atoms with Gasteiger partial charge >= 0.3 is 0 Å². The lowest BCUT2D eigenvalue weighted by Crippen LogP contribution is -2.37. The van der Waals surface area contributed by atoms with Gasteiger partial charge in [0.25, 0.3) is 5.91 Å². The smallest absolute Gasteiger partial charge is 0.272 e. The van der Waals surface area contributed by atoms with Gasteiger partial charge < -0.3 is 4.90 Å². The molecule has 2 aromatic rings. The summed E-state index contributed by atoms with van der Waals surface area (Å²) in [6, 6.07) is 1.75. The van der Waals surface area contributed by atoms with E-state index in [0.29, 0.717) is 49.8 Å². The summed E-state index contributed by atoms with van der Waals surface area (Å²) in [7, 11) is -3.23. The van der Waals surface area contributed by atoms with E-state index >= 15 is 0 Å². The average Bonchev–Trinajstić information content (AvgIpc) is 2.67. The molecule has 124 valence electrons. The molecular weight excluding hydrogens is 318 g/mol. The molecule has 0 radical (unpaired) electrons. The molecule has 0 atom stereocenters. The van der Waals surface area contributed by atoms with Gasteiger partial charge in [-0.2, -0.15) is 0 Å². The van der Waals surface area contributed by atoms with Crippen LogP contribution in [0.15, 0.2) is 18.5 Å². The highest BCUT2D eigenvalue weighted by molar-refractivity contribution is 7.88. The molecule has 0 spiro atoms. The van der Waals surface area contributed by atoms with Gasteiger partial charge in [0.15, 0.2) is 0 Å². The van der Waals surface area contributed by atoms with E-state index in [2.05, 4.69) is 9.97 Å². The minimum atomic E-state index is -3.23. The van der Waals surface area contributed by atoms with Crippen molar-refractivity contribution < 1.29 is 13.2 Å². The number of rotatable bonds is 2. The quantitative estimate of drug-likeness (QED) is 0.778. The zero-order valence-corrected chi connectivity index (χ0v) is 14.0. The molecule has 1 aliphatic rings. The van der Waals surface area contributed by atoms with Crippen molar-refractivity contribution in [1.29, 1.82) is 0 Å². The van der Waals surface area contributed by atoms with Crippen molar-refractivity contribution in [3.63, 3.8) is 0 Å². The van der Waals surface area contributed by atoms with Crippen LogP contribution in [0, 0.1) is 6.92 Å². The zero-order valence-electron chi connectivity index (χ0n) is 13.1. The molecular formula is C14H19N5O3S. The SMILES string of the molecule is Cc1nc2ncccn2c1C(=O)N1CCCN(S(C)(=O)=O)CC1. The van der Waals surface area contributed by atoms with Crippen molar-refractivity contribution in [1.82, 2.24) is 23.6 Å². The summed E-state index contributed by atoms with van der Waals surface area (Å²) in [5, 5.41) is 0. The number of hydrogen-bond donors (Lipinski definition) is 0. The van der Waals surface area contributed by atoms with Gasteiger partial charge in [0.05, 0.1) is 11.9 Å². The van der Waals surface area contributed by atoms with Crippen LogP contribution in [-0.4, -0.2) is 70.3 Å². The van der Waals surface area contributed by atoms with Gasteiger partial charge in [-0.1, -0.05) is 0 Å². The van der Waals surface area contributed by atoms with E-state index in [4.69, 9.17) is 0 Å². The molecule has 0 aliphatic carbocycles. The first kappa shape index (κ1) is 15.9. The molecule has 3 heterocycles.